The van der Waals surface area contributed by atoms with Gasteiger partial charge in [0, 0.05) is 18.9 Å². The van der Waals surface area contributed by atoms with Crippen LogP contribution in [-0.4, -0.2) is 39.7 Å². The van der Waals surface area contributed by atoms with Crippen LogP contribution < -0.4 is 5.73 Å². The summed E-state index contributed by atoms with van der Waals surface area (Å²) in [6, 6.07) is 1.87. The number of aromatic nitrogens is 2. The van der Waals surface area contributed by atoms with Gasteiger partial charge in [-0.1, -0.05) is 0 Å². The highest BCUT2D eigenvalue weighted by Gasteiger charge is 2.20. The van der Waals surface area contributed by atoms with Crippen molar-refractivity contribution in [2.75, 3.05) is 13.2 Å². The van der Waals surface area contributed by atoms with E-state index in [1.54, 1.807) is 10.9 Å². The topological polar surface area (TPSA) is 73.3 Å². The van der Waals surface area contributed by atoms with E-state index in [0.29, 0.717) is 6.54 Å². The average Bonchev–Trinajstić information content (AvgIpc) is 2.66. The minimum absolute atomic E-state index is 0.220. The standard InChI is InChI=1S/C10H19N3O2/c1-10(2,15-7-9(14)6-11)8-13-5-3-4-12-13/h3-5,9,14H,6-8,11H2,1-2H3/t9-/m0/s1. The van der Waals surface area contributed by atoms with Gasteiger partial charge in [-0.3, -0.25) is 4.68 Å². The predicted octanol–water partition coefficient (Wildman–Crippen LogP) is -0.00210. The summed E-state index contributed by atoms with van der Waals surface area (Å²) in [6.07, 6.45) is 3.01. The third-order valence-electron chi connectivity index (χ3n) is 2.04. The van der Waals surface area contributed by atoms with Crippen LogP contribution in [0.3, 0.4) is 0 Å². The molecule has 3 N–H and O–H groups in total. The van der Waals surface area contributed by atoms with E-state index in [9.17, 15) is 5.11 Å². The lowest BCUT2D eigenvalue weighted by atomic mass is 10.1. The summed E-state index contributed by atoms with van der Waals surface area (Å²) in [6.45, 7) is 5.04. The van der Waals surface area contributed by atoms with Gasteiger partial charge in [0.15, 0.2) is 0 Å². The van der Waals surface area contributed by atoms with Crippen molar-refractivity contribution in [1.82, 2.24) is 9.78 Å². The molecule has 1 aromatic heterocycles. The maximum atomic E-state index is 9.27. The van der Waals surface area contributed by atoms with Crippen LogP contribution in [-0.2, 0) is 11.3 Å². The fourth-order valence-corrected chi connectivity index (χ4v) is 1.22. The number of hydrogen-bond donors (Lipinski definition) is 2. The van der Waals surface area contributed by atoms with Gasteiger partial charge in [0.1, 0.15) is 0 Å². The highest BCUT2D eigenvalue weighted by atomic mass is 16.5. The Balaban J connectivity index is 2.38. The first-order valence-corrected chi connectivity index (χ1v) is 5.03. The molecule has 0 amide bonds. The minimum atomic E-state index is -0.595. The van der Waals surface area contributed by atoms with E-state index in [4.69, 9.17) is 10.5 Å². The van der Waals surface area contributed by atoms with Gasteiger partial charge < -0.3 is 15.6 Å². The highest BCUT2D eigenvalue weighted by Crippen LogP contribution is 2.12. The van der Waals surface area contributed by atoms with Gasteiger partial charge in [-0.25, -0.2) is 0 Å². The molecule has 15 heavy (non-hydrogen) atoms. The van der Waals surface area contributed by atoms with Crippen molar-refractivity contribution >= 4 is 0 Å². The second-order valence-electron chi connectivity index (χ2n) is 4.16. The summed E-state index contributed by atoms with van der Waals surface area (Å²) in [5.74, 6) is 0. The van der Waals surface area contributed by atoms with Crippen molar-refractivity contribution in [1.29, 1.82) is 0 Å². The van der Waals surface area contributed by atoms with E-state index in [2.05, 4.69) is 5.10 Å². The van der Waals surface area contributed by atoms with Crippen LogP contribution in [0.25, 0.3) is 0 Å². The van der Waals surface area contributed by atoms with E-state index in [-0.39, 0.29) is 18.8 Å². The third kappa shape index (κ3) is 4.42. The molecule has 1 rings (SSSR count). The van der Waals surface area contributed by atoms with Crippen molar-refractivity contribution < 1.29 is 9.84 Å². The van der Waals surface area contributed by atoms with E-state index in [1.165, 1.54) is 0 Å². The number of aliphatic hydroxyl groups excluding tert-OH is 1. The van der Waals surface area contributed by atoms with Crippen LogP contribution >= 0.6 is 0 Å². The SMILES string of the molecule is CC(C)(Cn1cccn1)OC[C@@H](O)CN. The van der Waals surface area contributed by atoms with E-state index in [0.717, 1.165) is 0 Å². The molecule has 0 fully saturated rings. The molecule has 1 aromatic rings. The summed E-state index contributed by atoms with van der Waals surface area (Å²) in [5, 5.41) is 13.4. The first kappa shape index (κ1) is 12.2. The normalized spacial score (nSPS) is 14.1. The molecule has 0 aliphatic heterocycles. The molecule has 0 aliphatic rings. The molecule has 5 nitrogen and oxygen atoms in total. The van der Waals surface area contributed by atoms with Gasteiger partial charge in [-0.05, 0) is 19.9 Å². The zero-order valence-electron chi connectivity index (χ0n) is 9.26. The summed E-state index contributed by atoms with van der Waals surface area (Å²) < 4.78 is 7.37. The van der Waals surface area contributed by atoms with Gasteiger partial charge in [0.2, 0.25) is 0 Å². The zero-order chi connectivity index (χ0) is 11.3. The lowest BCUT2D eigenvalue weighted by molar-refractivity contribution is -0.0668. The maximum absolute atomic E-state index is 9.27. The Bertz CT molecular complexity index is 272. The Morgan fingerprint density at radius 3 is 2.87 bits per heavy atom. The van der Waals surface area contributed by atoms with Crippen LogP contribution in [0.5, 0.6) is 0 Å². The smallest absolute Gasteiger partial charge is 0.0895 e. The maximum Gasteiger partial charge on any atom is 0.0895 e. The molecule has 1 atom stereocenters. The molecule has 0 aliphatic carbocycles. The van der Waals surface area contributed by atoms with Crippen LogP contribution in [0.15, 0.2) is 18.5 Å². The number of ether oxygens (including phenoxy) is 1. The van der Waals surface area contributed by atoms with Crippen molar-refractivity contribution in [3.63, 3.8) is 0 Å². The minimum Gasteiger partial charge on any atom is -0.389 e. The monoisotopic (exact) mass is 213 g/mol. The van der Waals surface area contributed by atoms with Crippen molar-refractivity contribution in [3.05, 3.63) is 18.5 Å². The fourth-order valence-electron chi connectivity index (χ4n) is 1.22. The summed E-state index contributed by atoms with van der Waals surface area (Å²) >= 11 is 0. The molecule has 0 saturated heterocycles. The highest BCUT2D eigenvalue weighted by molar-refractivity contribution is 4.81. The van der Waals surface area contributed by atoms with E-state index < -0.39 is 6.10 Å². The van der Waals surface area contributed by atoms with Crippen LogP contribution in [0.2, 0.25) is 0 Å². The van der Waals surface area contributed by atoms with Crippen molar-refractivity contribution in [2.24, 2.45) is 5.73 Å². The van der Waals surface area contributed by atoms with Gasteiger partial charge in [0.05, 0.1) is 24.9 Å². The molecule has 86 valence electrons. The molecular weight excluding hydrogens is 194 g/mol. The molecule has 0 unspecified atom stereocenters. The second-order valence-corrected chi connectivity index (χ2v) is 4.16. The molecule has 0 saturated carbocycles. The number of nitrogens with zero attached hydrogens (tertiary/aromatic N) is 2. The number of aliphatic hydroxyl groups is 1. The van der Waals surface area contributed by atoms with Gasteiger partial charge in [-0.2, -0.15) is 5.10 Å². The molecule has 5 heteroatoms. The number of hydrogen-bond acceptors (Lipinski definition) is 4. The Labute approximate surface area is 89.8 Å². The van der Waals surface area contributed by atoms with Crippen LogP contribution in [0, 0.1) is 0 Å². The van der Waals surface area contributed by atoms with E-state index in [1.807, 2.05) is 26.1 Å². The Morgan fingerprint density at radius 2 is 2.33 bits per heavy atom. The van der Waals surface area contributed by atoms with Gasteiger partial charge in [-0.15, -0.1) is 0 Å². The third-order valence-corrected chi connectivity index (χ3v) is 2.04. The van der Waals surface area contributed by atoms with Crippen LogP contribution in [0.1, 0.15) is 13.8 Å². The Kier molecular flexibility index (Phi) is 4.26. The summed E-state index contributed by atoms with van der Waals surface area (Å²) in [4.78, 5) is 0. The van der Waals surface area contributed by atoms with Crippen LogP contribution in [0.4, 0.5) is 0 Å². The fraction of sp³-hybridized carbons (Fsp3) is 0.700. The first-order chi connectivity index (χ1) is 7.03. The summed E-state index contributed by atoms with van der Waals surface area (Å²) in [7, 11) is 0. The Morgan fingerprint density at radius 1 is 1.60 bits per heavy atom. The number of nitrogens with two attached hydrogens (primary N) is 1. The quantitative estimate of drug-likeness (QED) is 0.697. The molecule has 0 bridgehead atoms. The predicted molar refractivity (Wildman–Crippen MR) is 57.3 cm³/mol. The average molecular weight is 213 g/mol. The lowest BCUT2D eigenvalue weighted by Gasteiger charge is -2.26. The molecule has 0 aromatic carbocycles. The molecule has 0 spiro atoms. The van der Waals surface area contributed by atoms with Crippen molar-refractivity contribution in [2.45, 2.75) is 32.1 Å². The lowest BCUT2D eigenvalue weighted by Crippen LogP contribution is -2.36. The van der Waals surface area contributed by atoms with E-state index >= 15 is 0 Å². The Hall–Kier alpha value is -0.910. The summed E-state index contributed by atoms with van der Waals surface area (Å²) in [5.41, 5.74) is 4.93. The zero-order valence-corrected chi connectivity index (χ0v) is 9.26. The number of rotatable bonds is 6. The van der Waals surface area contributed by atoms with Gasteiger partial charge in [0.25, 0.3) is 0 Å². The largest absolute Gasteiger partial charge is 0.389 e. The van der Waals surface area contributed by atoms with Crippen molar-refractivity contribution in [3.8, 4) is 0 Å². The molecular formula is C10H19N3O2. The van der Waals surface area contributed by atoms with Gasteiger partial charge >= 0.3 is 0 Å². The second kappa shape index (κ2) is 5.25. The molecule has 0 radical (unpaired) electrons. The molecule has 1 heterocycles. The first-order valence-electron chi connectivity index (χ1n) is 5.03.